The molecule has 0 unspecified atom stereocenters. The molecular formula is C26H19ClI2N2O5S. The first kappa shape index (κ1) is 27.7. The van der Waals surface area contributed by atoms with Crippen molar-refractivity contribution in [3.63, 3.8) is 0 Å². The molecule has 1 N–H and O–H groups in total. The molecule has 190 valence electrons. The Morgan fingerprint density at radius 1 is 1.08 bits per heavy atom. The Morgan fingerprint density at radius 3 is 2.41 bits per heavy atom. The number of anilines is 1. The number of nitrogens with one attached hydrogen (secondary N) is 1. The third-order valence-electron chi connectivity index (χ3n) is 5.20. The SMILES string of the molecule is COc1ccc(NC(=O)CN2C(=O)S/C(=C/c3cc(I)c(OCc4ccccc4Cl)c(I)c3)C2=O)cc1. The number of methoxy groups -OCH3 is 1. The Bertz CT molecular complexity index is 1370. The summed E-state index contributed by atoms with van der Waals surface area (Å²) < 4.78 is 12.8. The lowest BCUT2D eigenvalue weighted by Gasteiger charge is -2.13. The normalized spacial score (nSPS) is 14.3. The zero-order valence-electron chi connectivity index (χ0n) is 19.3. The van der Waals surface area contributed by atoms with Gasteiger partial charge in [0.25, 0.3) is 11.1 Å². The van der Waals surface area contributed by atoms with Gasteiger partial charge in [-0.2, -0.15) is 0 Å². The fraction of sp³-hybridized carbons (Fsp3) is 0.115. The van der Waals surface area contributed by atoms with Gasteiger partial charge < -0.3 is 14.8 Å². The molecule has 3 aromatic rings. The predicted molar refractivity (Wildman–Crippen MR) is 162 cm³/mol. The Morgan fingerprint density at radius 2 is 1.76 bits per heavy atom. The van der Waals surface area contributed by atoms with E-state index in [-0.39, 0.29) is 11.4 Å². The number of thioether (sulfide) groups is 1. The maximum absolute atomic E-state index is 12.9. The van der Waals surface area contributed by atoms with Crippen LogP contribution in [0.4, 0.5) is 10.5 Å². The Balaban J connectivity index is 1.43. The summed E-state index contributed by atoms with van der Waals surface area (Å²) in [5.74, 6) is 0.377. The van der Waals surface area contributed by atoms with Gasteiger partial charge in [0.2, 0.25) is 5.91 Å². The molecule has 7 nitrogen and oxygen atoms in total. The van der Waals surface area contributed by atoms with Crippen LogP contribution in [0.25, 0.3) is 6.08 Å². The molecule has 0 aromatic heterocycles. The van der Waals surface area contributed by atoms with Crippen molar-refractivity contribution >= 4 is 97.4 Å². The molecule has 1 aliphatic rings. The third kappa shape index (κ3) is 6.98. The number of imide groups is 1. The van der Waals surface area contributed by atoms with E-state index >= 15 is 0 Å². The van der Waals surface area contributed by atoms with Gasteiger partial charge in [0, 0.05) is 16.3 Å². The van der Waals surface area contributed by atoms with E-state index < -0.39 is 17.1 Å². The van der Waals surface area contributed by atoms with Crippen molar-refractivity contribution < 1.29 is 23.9 Å². The molecule has 3 aromatic carbocycles. The van der Waals surface area contributed by atoms with Gasteiger partial charge >= 0.3 is 0 Å². The van der Waals surface area contributed by atoms with Crippen molar-refractivity contribution in [3.05, 3.63) is 88.9 Å². The molecule has 37 heavy (non-hydrogen) atoms. The molecule has 3 amide bonds. The zero-order chi connectivity index (χ0) is 26.5. The number of benzene rings is 3. The second-order valence-corrected chi connectivity index (χ2v) is 11.5. The molecule has 1 heterocycles. The highest BCUT2D eigenvalue weighted by Crippen LogP contribution is 2.35. The molecule has 0 bridgehead atoms. The van der Waals surface area contributed by atoms with Crippen molar-refractivity contribution in [3.8, 4) is 11.5 Å². The minimum absolute atomic E-state index is 0.249. The summed E-state index contributed by atoms with van der Waals surface area (Å²) in [6, 6.07) is 18.0. The topological polar surface area (TPSA) is 84.9 Å². The first-order valence-electron chi connectivity index (χ1n) is 10.8. The largest absolute Gasteiger partial charge is 0.497 e. The number of carbonyl (C=O) groups is 3. The molecule has 11 heteroatoms. The van der Waals surface area contributed by atoms with Crippen LogP contribution in [0, 0.1) is 7.14 Å². The summed E-state index contributed by atoms with van der Waals surface area (Å²) in [7, 11) is 1.55. The number of halogens is 3. The summed E-state index contributed by atoms with van der Waals surface area (Å²) in [5.41, 5.74) is 2.16. The van der Waals surface area contributed by atoms with Crippen molar-refractivity contribution in [2.75, 3.05) is 19.0 Å². The second-order valence-electron chi connectivity index (χ2n) is 7.74. The number of amides is 3. The van der Waals surface area contributed by atoms with E-state index in [0.29, 0.717) is 28.8 Å². The number of rotatable bonds is 8. The van der Waals surface area contributed by atoms with Crippen LogP contribution in [0.1, 0.15) is 11.1 Å². The highest BCUT2D eigenvalue weighted by Gasteiger charge is 2.36. The fourth-order valence-electron chi connectivity index (χ4n) is 3.37. The summed E-state index contributed by atoms with van der Waals surface area (Å²) in [5, 5.41) is 2.82. The fourth-order valence-corrected chi connectivity index (χ4v) is 6.53. The van der Waals surface area contributed by atoms with Crippen molar-refractivity contribution in [2.24, 2.45) is 0 Å². The molecule has 0 aliphatic carbocycles. The van der Waals surface area contributed by atoms with Crippen LogP contribution < -0.4 is 14.8 Å². The quantitative estimate of drug-likeness (QED) is 0.201. The van der Waals surface area contributed by atoms with Gasteiger partial charge in [-0.15, -0.1) is 0 Å². The summed E-state index contributed by atoms with van der Waals surface area (Å²) in [6.07, 6.45) is 1.65. The first-order valence-corrected chi connectivity index (χ1v) is 14.1. The average molecular weight is 761 g/mol. The minimum Gasteiger partial charge on any atom is -0.497 e. The van der Waals surface area contributed by atoms with Gasteiger partial charge in [-0.05, 0) is 111 Å². The van der Waals surface area contributed by atoms with Crippen molar-refractivity contribution in [1.29, 1.82) is 0 Å². The minimum atomic E-state index is -0.510. The van der Waals surface area contributed by atoms with Crippen LogP contribution >= 0.6 is 68.5 Å². The lowest BCUT2D eigenvalue weighted by atomic mass is 10.2. The van der Waals surface area contributed by atoms with Gasteiger partial charge in [0.15, 0.2) is 0 Å². The number of carbonyl (C=O) groups excluding carboxylic acids is 3. The van der Waals surface area contributed by atoms with E-state index in [1.54, 1.807) is 37.5 Å². The van der Waals surface area contributed by atoms with Gasteiger partial charge in [0.1, 0.15) is 24.7 Å². The van der Waals surface area contributed by atoms with E-state index in [1.165, 1.54) is 0 Å². The number of hydrogen-bond acceptors (Lipinski definition) is 6. The number of nitrogens with zero attached hydrogens (tertiary/aromatic N) is 1. The standard InChI is InChI=1S/C26H19ClI2N2O5S/c1-35-18-8-6-17(7-9-18)30-23(32)13-31-25(33)22(37-26(31)34)12-15-10-20(28)24(21(29)11-15)36-14-16-4-2-3-5-19(16)27/h2-12H,13-14H2,1H3,(H,30,32)/b22-12+. The second kappa shape index (κ2) is 12.5. The molecule has 0 atom stereocenters. The Labute approximate surface area is 250 Å². The molecule has 0 spiro atoms. The van der Waals surface area contributed by atoms with E-state index in [2.05, 4.69) is 50.5 Å². The van der Waals surface area contributed by atoms with E-state index in [9.17, 15) is 14.4 Å². The highest BCUT2D eigenvalue weighted by atomic mass is 127. The van der Waals surface area contributed by atoms with Gasteiger partial charge in [-0.1, -0.05) is 29.8 Å². The van der Waals surface area contributed by atoms with Crippen LogP contribution in [-0.2, 0) is 16.2 Å². The molecule has 1 aliphatic heterocycles. The number of ether oxygens (including phenoxy) is 2. The van der Waals surface area contributed by atoms with Gasteiger partial charge in [0.05, 0.1) is 19.2 Å². The predicted octanol–water partition coefficient (Wildman–Crippen LogP) is 6.81. The zero-order valence-corrected chi connectivity index (χ0v) is 25.2. The Kier molecular flexibility index (Phi) is 9.37. The van der Waals surface area contributed by atoms with Crippen LogP contribution in [0.2, 0.25) is 5.02 Å². The summed E-state index contributed by atoms with van der Waals surface area (Å²) in [6.45, 7) is -0.0551. The average Bonchev–Trinajstić information content (AvgIpc) is 3.12. The van der Waals surface area contributed by atoms with E-state index in [0.717, 1.165) is 34.9 Å². The van der Waals surface area contributed by atoms with Crippen LogP contribution in [0.15, 0.2) is 65.6 Å². The van der Waals surface area contributed by atoms with E-state index in [4.69, 9.17) is 21.1 Å². The Hall–Kier alpha value is -2.29. The lowest BCUT2D eigenvalue weighted by molar-refractivity contribution is -0.127. The first-order chi connectivity index (χ1) is 17.7. The van der Waals surface area contributed by atoms with E-state index in [1.807, 2.05) is 36.4 Å². The summed E-state index contributed by atoms with van der Waals surface area (Å²) in [4.78, 5) is 39.0. The van der Waals surface area contributed by atoms with Crippen LogP contribution in [0.3, 0.4) is 0 Å². The maximum atomic E-state index is 12.9. The molecule has 0 saturated carbocycles. The monoisotopic (exact) mass is 760 g/mol. The smallest absolute Gasteiger partial charge is 0.294 e. The number of hydrogen-bond donors (Lipinski definition) is 1. The molecule has 0 radical (unpaired) electrons. The molecule has 1 fully saturated rings. The third-order valence-corrected chi connectivity index (χ3v) is 8.08. The van der Waals surface area contributed by atoms with Gasteiger partial charge in [-0.25, -0.2) is 0 Å². The molecule has 4 rings (SSSR count). The van der Waals surface area contributed by atoms with Crippen LogP contribution in [0.5, 0.6) is 11.5 Å². The molecular weight excluding hydrogens is 742 g/mol. The lowest BCUT2D eigenvalue weighted by Crippen LogP contribution is -2.36. The van der Waals surface area contributed by atoms with Crippen molar-refractivity contribution in [1.82, 2.24) is 4.90 Å². The van der Waals surface area contributed by atoms with Crippen LogP contribution in [-0.4, -0.2) is 35.6 Å². The van der Waals surface area contributed by atoms with Gasteiger partial charge in [-0.3, -0.25) is 19.3 Å². The molecule has 1 saturated heterocycles. The highest BCUT2D eigenvalue weighted by molar-refractivity contribution is 14.1. The maximum Gasteiger partial charge on any atom is 0.294 e. The van der Waals surface area contributed by atoms with Crippen molar-refractivity contribution in [2.45, 2.75) is 6.61 Å². The summed E-state index contributed by atoms with van der Waals surface area (Å²) >= 11 is 11.4.